The predicted octanol–water partition coefficient (Wildman–Crippen LogP) is 6.36. The summed E-state index contributed by atoms with van der Waals surface area (Å²) < 4.78 is 90.7. The van der Waals surface area contributed by atoms with Crippen molar-refractivity contribution in [1.29, 1.82) is 0 Å². The fourth-order valence-corrected chi connectivity index (χ4v) is 8.22. The molecule has 3 aliphatic heterocycles. The first-order chi connectivity index (χ1) is 25.7. The van der Waals surface area contributed by atoms with E-state index in [1.165, 1.54) is 9.80 Å². The van der Waals surface area contributed by atoms with E-state index in [4.69, 9.17) is 10.5 Å². The van der Waals surface area contributed by atoms with E-state index in [2.05, 4.69) is 14.9 Å². The summed E-state index contributed by atoms with van der Waals surface area (Å²) in [5, 5.41) is 0.782. The Kier molecular flexibility index (Phi) is 10.3. The number of H-pyrrole nitrogens is 1. The Hall–Kier alpha value is -4.80. The number of nitrogens with one attached hydrogen (secondary N) is 1. The van der Waals surface area contributed by atoms with E-state index in [9.17, 15) is 40.7 Å². The van der Waals surface area contributed by atoms with Crippen LogP contribution in [0, 0.1) is 0 Å². The van der Waals surface area contributed by atoms with Crippen LogP contribution in [0.3, 0.4) is 0 Å². The van der Waals surface area contributed by atoms with Crippen molar-refractivity contribution in [2.45, 2.75) is 81.9 Å². The Labute approximate surface area is 306 Å². The number of ether oxygens (including phenoxy) is 1. The molecular formula is C37H41F6N7O4. The first-order valence-electron chi connectivity index (χ1n) is 18.2. The van der Waals surface area contributed by atoms with Gasteiger partial charge in [-0.05, 0) is 75.4 Å². The molecular weight excluding hydrogens is 720 g/mol. The summed E-state index contributed by atoms with van der Waals surface area (Å²) in [6.45, 7) is 2.74. The van der Waals surface area contributed by atoms with Gasteiger partial charge in [0, 0.05) is 50.1 Å². The fraction of sp³-hybridized carbons (Fsp3) is 0.514. The third kappa shape index (κ3) is 7.59. The Morgan fingerprint density at radius 2 is 1.44 bits per heavy atom. The zero-order valence-electron chi connectivity index (χ0n) is 29.4. The van der Waals surface area contributed by atoms with E-state index in [0.29, 0.717) is 61.9 Å². The molecule has 3 N–H and O–H groups in total. The molecule has 0 bridgehead atoms. The normalized spacial score (nSPS) is 19.1. The maximum absolute atomic E-state index is 14.0. The van der Waals surface area contributed by atoms with Crippen LogP contribution in [-0.4, -0.2) is 92.6 Å². The molecule has 5 heterocycles. The lowest BCUT2D eigenvalue weighted by molar-refractivity contribution is -0.142. The molecule has 0 radical (unpaired) electrons. The largest absolute Gasteiger partial charge is 0.436 e. The van der Waals surface area contributed by atoms with E-state index in [1.54, 1.807) is 10.8 Å². The molecule has 1 atom stereocenters. The number of nitrogen functional groups attached to an aromatic ring is 1. The second kappa shape index (κ2) is 14.8. The molecule has 2 aromatic heterocycles. The number of carbonyl (C=O) groups is 2. The number of aromatic amines is 1. The summed E-state index contributed by atoms with van der Waals surface area (Å²) in [7, 11) is 0. The molecule has 54 heavy (non-hydrogen) atoms. The van der Waals surface area contributed by atoms with Crippen molar-refractivity contribution in [3.8, 4) is 0 Å². The quantitative estimate of drug-likeness (QED) is 0.173. The Balaban J connectivity index is 1.10. The van der Waals surface area contributed by atoms with Gasteiger partial charge in [0.2, 0.25) is 0 Å². The second-order valence-electron chi connectivity index (χ2n) is 14.4. The molecule has 290 valence electrons. The van der Waals surface area contributed by atoms with Crippen molar-refractivity contribution in [3.63, 3.8) is 0 Å². The SMILES string of the molecule is Nc1c(C(F)(F)F)cc(C[C@@H](OC(=O)N2CCC(n3c(=O)[nH]c4c5ccccc5ncc43)CC2)C(=O)N2CCC(N3CCCCC3)CC2)cc1C(F)(F)F. The van der Waals surface area contributed by atoms with Crippen LogP contribution in [-0.2, 0) is 28.3 Å². The van der Waals surface area contributed by atoms with Gasteiger partial charge in [-0.15, -0.1) is 0 Å². The van der Waals surface area contributed by atoms with Crippen LogP contribution < -0.4 is 11.4 Å². The number of halogens is 6. The summed E-state index contributed by atoms with van der Waals surface area (Å²) in [5.74, 6) is -0.695. The average Bonchev–Trinajstić information content (AvgIpc) is 3.50. The third-order valence-electron chi connectivity index (χ3n) is 11.0. The van der Waals surface area contributed by atoms with Crippen LogP contribution in [0.1, 0.15) is 67.7 Å². The Morgan fingerprint density at radius 3 is 2.07 bits per heavy atom. The lowest BCUT2D eigenvalue weighted by Gasteiger charge is -2.41. The van der Waals surface area contributed by atoms with Crippen molar-refractivity contribution >= 4 is 39.6 Å². The summed E-state index contributed by atoms with van der Waals surface area (Å²) >= 11 is 0. The van der Waals surface area contributed by atoms with Crippen LogP contribution >= 0.6 is 0 Å². The molecule has 0 aliphatic carbocycles. The molecule has 3 aliphatic rings. The average molecular weight is 762 g/mol. The molecule has 0 spiro atoms. The van der Waals surface area contributed by atoms with E-state index in [0.717, 1.165) is 43.3 Å². The number of hydrogen-bond donors (Lipinski definition) is 2. The van der Waals surface area contributed by atoms with Crippen molar-refractivity contribution < 1.29 is 40.7 Å². The van der Waals surface area contributed by atoms with Crippen molar-refractivity contribution in [3.05, 3.63) is 69.8 Å². The Bertz CT molecular complexity index is 2040. The number of benzene rings is 2. The van der Waals surface area contributed by atoms with Crippen LogP contribution in [0.5, 0.6) is 0 Å². The van der Waals surface area contributed by atoms with Crippen molar-refractivity contribution in [2.75, 3.05) is 45.0 Å². The number of anilines is 1. The first-order valence-corrected chi connectivity index (χ1v) is 18.2. The highest BCUT2D eigenvalue weighted by Crippen LogP contribution is 2.42. The van der Waals surface area contributed by atoms with E-state index in [-0.39, 0.29) is 30.9 Å². The molecule has 3 fully saturated rings. The van der Waals surface area contributed by atoms with E-state index < -0.39 is 59.3 Å². The summed E-state index contributed by atoms with van der Waals surface area (Å²) in [6.07, 6.45) is -6.91. The summed E-state index contributed by atoms with van der Waals surface area (Å²) in [6, 6.07) is 8.27. The van der Waals surface area contributed by atoms with Crippen molar-refractivity contribution in [1.82, 2.24) is 29.2 Å². The fourth-order valence-electron chi connectivity index (χ4n) is 8.22. The molecule has 2 aromatic carbocycles. The van der Waals surface area contributed by atoms with Crippen molar-refractivity contribution in [2.24, 2.45) is 0 Å². The van der Waals surface area contributed by atoms with E-state index >= 15 is 0 Å². The zero-order chi connectivity index (χ0) is 38.4. The number of nitrogens with two attached hydrogens (primary N) is 1. The number of aromatic nitrogens is 3. The highest BCUT2D eigenvalue weighted by molar-refractivity contribution is 6.01. The number of rotatable bonds is 6. The molecule has 2 amide bonds. The lowest BCUT2D eigenvalue weighted by atomic mass is 9.96. The van der Waals surface area contributed by atoms with Gasteiger partial charge in [-0.2, -0.15) is 26.3 Å². The number of hydrogen-bond acceptors (Lipinski definition) is 7. The number of imidazole rings is 1. The summed E-state index contributed by atoms with van der Waals surface area (Å²) in [4.78, 5) is 53.3. The molecule has 3 saturated heterocycles. The van der Waals surface area contributed by atoms with Crippen LogP contribution in [0.2, 0.25) is 0 Å². The first kappa shape index (κ1) is 37.5. The number of nitrogens with zero attached hydrogens (tertiary/aromatic N) is 5. The monoisotopic (exact) mass is 761 g/mol. The van der Waals surface area contributed by atoms with Gasteiger partial charge in [0.15, 0.2) is 6.10 Å². The van der Waals surface area contributed by atoms with Gasteiger partial charge in [0.05, 0.1) is 39.6 Å². The zero-order valence-corrected chi connectivity index (χ0v) is 29.4. The molecule has 4 aromatic rings. The third-order valence-corrected chi connectivity index (χ3v) is 11.0. The number of para-hydroxylation sites is 1. The van der Waals surface area contributed by atoms with Gasteiger partial charge in [0.1, 0.15) is 0 Å². The standard InChI is InChI=1S/C37H41F6N7O4/c38-36(39,40)26-18-22(19-27(31(26)44)37(41,42)43)20-30(33(51)48-14-8-23(9-15-48)47-12-4-1-5-13-47)54-35(53)49-16-10-24(11-17-49)50-29-21-45-28-7-3-2-6-25(28)32(29)46-34(50)52/h2-3,6-7,18-19,21,23-24,30H,1,4-5,8-17,20,44H2,(H,46,52)/t30-/m1/s1. The van der Waals surface area contributed by atoms with Crippen LogP contribution in [0.4, 0.5) is 36.8 Å². The Morgan fingerprint density at radius 1 is 0.852 bits per heavy atom. The molecule has 0 saturated carbocycles. The molecule has 17 heteroatoms. The minimum atomic E-state index is -5.22. The topological polar surface area (TPSA) is 130 Å². The lowest BCUT2D eigenvalue weighted by Crippen LogP contribution is -2.52. The van der Waals surface area contributed by atoms with Gasteiger partial charge >= 0.3 is 24.1 Å². The summed E-state index contributed by atoms with van der Waals surface area (Å²) in [5.41, 5.74) is 1.63. The highest BCUT2D eigenvalue weighted by Gasteiger charge is 2.42. The second-order valence-corrected chi connectivity index (χ2v) is 14.4. The molecule has 11 nitrogen and oxygen atoms in total. The maximum atomic E-state index is 14.0. The van der Waals surface area contributed by atoms with Crippen LogP contribution in [0.25, 0.3) is 21.9 Å². The van der Waals surface area contributed by atoms with Gasteiger partial charge < -0.3 is 30.2 Å². The van der Waals surface area contributed by atoms with Gasteiger partial charge in [-0.3, -0.25) is 14.3 Å². The number of carbonyl (C=O) groups excluding carboxylic acids is 2. The number of piperidine rings is 3. The minimum absolute atomic E-state index is 0.115. The number of pyridine rings is 1. The number of fused-ring (bicyclic) bond motifs is 3. The smallest absolute Gasteiger partial charge is 0.418 e. The van der Waals surface area contributed by atoms with Gasteiger partial charge in [-0.25, -0.2) is 9.59 Å². The maximum Gasteiger partial charge on any atom is 0.418 e. The molecule has 7 rings (SSSR count). The number of likely N-dealkylation sites (tertiary alicyclic amines) is 3. The minimum Gasteiger partial charge on any atom is -0.436 e. The van der Waals surface area contributed by atoms with E-state index in [1.807, 2.05) is 24.3 Å². The van der Waals surface area contributed by atoms with Gasteiger partial charge in [0.25, 0.3) is 5.91 Å². The predicted molar refractivity (Wildman–Crippen MR) is 188 cm³/mol. The molecule has 0 unspecified atom stereocenters. The number of amides is 2. The highest BCUT2D eigenvalue weighted by atomic mass is 19.4. The van der Waals surface area contributed by atoms with Gasteiger partial charge in [-0.1, -0.05) is 24.6 Å². The van der Waals surface area contributed by atoms with Crippen LogP contribution in [0.15, 0.2) is 47.4 Å². The number of alkyl halides is 6.